The van der Waals surface area contributed by atoms with E-state index in [1.54, 1.807) is 0 Å². The lowest BCUT2D eigenvalue weighted by Crippen LogP contribution is -2.29. The number of hydrogen-bond acceptors (Lipinski definition) is 2. The summed E-state index contributed by atoms with van der Waals surface area (Å²) in [5, 5.41) is 4.87. The third-order valence-corrected chi connectivity index (χ3v) is 5.44. The number of thiocarbonyl (C=S) groups is 1. The van der Waals surface area contributed by atoms with Crippen molar-refractivity contribution in [2.24, 2.45) is 0 Å². The molecule has 1 aliphatic heterocycles. The Kier molecular flexibility index (Phi) is 4.89. The van der Waals surface area contributed by atoms with Gasteiger partial charge in [0.25, 0.3) is 0 Å². The maximum absolute atomic E-state index is 6.09. The van der Waals surface area contributed by atoms with E-state index in [2.05, 4.69) is 52.1 Å². The number of nitrogens with one attached hydrogen (secondary N) is 1. The van der Waals surface area contributed by atoms with E-state index in [1.165, 1.54) is 5.56 Å². The van der Waals surface area contributed by atoms with E-state index in [4.69, 9.17) is 23.8 Å². The normalized spacial score (nSPS) is 19.6. The van der Waals surface area contributed by atoms with Crippen molar-refractivity contribution >= 4 is 34.6 Å². The highest BCUT2D eigenvalue weighted by Gasteiger charge is 2.41. The first-order chi connectivity index (χ1) is 13.0. The Bertz CT molecular complexity index is 936. The van der Waals surface area contributed by atoms with Crippen LogP contribution in [0.2, 0.25) is 5.02 Å². The number of pyridine rings is 1. The molecule has 6 heteroatoms. The van der Waals surface area contributed by atoms with Crippen LogP contribution in [0.15, 0.2) is 67.1 Å². The number of nitrogens with zero attached hydrogens (tertiary/aromatic N) is 3. The van der Waals surface area contributed by atoms with E-state index >= 15 is 0 Å². The van der Waals surface area contributed by atoms with Crippen LogP contribution < -0.4 is 10.2 Å². The number of anilines is 1. The van der Waals surface area contributed by atoms with Crippen molar-refractivity contribution < 1.29 is 0 Å². The minimum atomic E-state index is -0.0302. The molecule has 3 heterocycles. The summed E-state index contributed by atoms with van der Waals surface area (Å²) in [6.45, 7) is 4.35. The van der Waals surface area contributed by atoms with Gasteiger partial charge < -0.3 is 14.8 Å². The predicted octanol–water partition coefficient (Wildman–Crippen LogP) is 5.29. The molecule has 1 aliphatic rings. The molecule has 0 saturated carbocycles. The van der Waals surface area contributed by atoms with Gasteiger partial charge in [-0.15, -0.1) is 0 Å². The standard InChI is InChI=1S/C21H21ClN4S/c1-14(2)25-12-10-15(13-25)20-19(18-5-3-4-11-23-18)24-21(27)26(20)17-8-6-16(22)7-9-17/h3-14,19-20H,1-2H3,(H,24,27)/t19-,20-/m1/s1. The minimum absolute atomic E-state index is 0.00794. The molecule has 1 aromatic carbocycles. The molecule has 27 heavy (non-hydrogen) atoms. The molecule has 3 aromatic rings. The highest BCUT2D eigenvalue weighted by atomic mass is 35.5. The molecule has 4 nitrogen and oxygen atoms in total. The van der Waals surface area contributed by atoms with Crippen LogP contribution in [0.5, 0.6) is 0 Å². The first-order valence-electron chi connectivity index (χ1n) is 8.98. The monoisotopic (exact) mass is 396 g/mol. The summed E-state index contributed by atoms with van der Waals surface area (Å²) in [5.74, 6) is 0. The van der Waals surface area contributed by atoms with Gasteiger partial charge in [-0.1, -0.05) is 17.7 Å². The maximum Gasteiger partial charge on any atom is 0.174 e. The fraction of sp³-hybridized carbons (Fsp3) is 0.238. The van der Waals surface area contributed by atoms with E-state index in [9.17, 15) is 0 Å². The van der Waals surface area contributed by atoms with E-state index in [1.807, 2.05) is 48.7 Å². The Morgan fingerprint density at radius 3 is 2.52 bits per heavy atom. The fourth-order valence-electron chi connectivity index (χ4n) is 3.50. The Morgan fingerprint density at radius 2 is 1.89 bits per heavy atom. The van der Waals surface area contributed by atoms with Gasteiger partial charge in [-0.3, -0.25) is 4.98 Å². The summed E-state index contributed by atoms with van der Waals surface area (Å²) in [7, 11) is 0. The average molecular weight is 397 g/mol. The van der Waals surface area contributed by atoms with E-state index < -0.39 is 0 Å². The average Bonchev–Trinajstić information content (AvgIpc) is 3.28. The third-order valence-electron chi connectivity index (χ3n) is 4.88. The van der Waals surface area contributed by atoms with Gasteiger partial charge >= 0.3 is 0 Å². The largest absolute Gasteiger partial charge is 0.351 e. The second-order valence-corrected chi connectivity index (χ2v) is 7.78. The lowest BCUT2D eigenvalue weighted by molar-refractivity contribution is 0.560. The first-order valence-corrected chi connectivity index (χ1v) is 9.77. The van der Waals surface area contributed by atoms with E-state index in [0.717, 1.165) is 11.4 Å². The lowest BCUT2D eigenvalue weighted by atomic mass is 9.98. The van der Waals surface area contributed by atoms with Gasteiger partial charge in [0.15, 0.2) is 5.11 Å². The molecule has 1 fully saturated rings. The Hall–Kier alpha value is -2.37. The zero-order chi connectivity index (χ0) is 19.0. The van der Waals surface area contributed by atoms with Crippen molar-refractivity contribution in [2.45, 2.75) is 32.0 Å². The fourth-order valence-corrected chi connectivity index (χ4v) is 3.97. The summed E-state index contributed by atoms with van der Waals surface area (Å²) < 4.78 is 2.21. The van der Waals surface area contributed by atoms with Crippen LogP contribution in [-0.2, 0) is 0 Å². The van der Waals surface area contributed by atoms with Crippen molar-refractivity contribution in [1.29, 1.82) is 0 Å². The van der Waals surface area contributed by atoms with Crippen LogP contribution in [0.1, 0.15) is 43.2 Å². The van der Waals surface area contributed by atoms with Gasteiger partial charge in [-0.25, -0.2) is 0 Å². The smallest absolute Gasteiger partial charge is 0.174 e. The van der Waals surface area contributed by atoms with Gasteiger partial charge in [0.05, 0.1) is 17.8 Å². The summed E-state index contributed by atoms with van der Waals surface area (Å²) in [5.41, 5.74) is 3.18. The van der Waals surface area contributed by atoms with Crippen LogP contribution >= 0.6 is 23.8 Å². The molecule has 0 spiro atoms. The molecule has 138 valence electrons. The molecular weight excluding hydrogens is 376 g/mol. The molecule has 1 N–H and O–H groups in total. The summed E-state index contributed by atoms with van der Waals surface area (Å²) in [6.07, 6.45) is 6.14. The van der Waals surface area contributed by atoms with Crippen LogP contribution in [0, 0.1) is 0 Å². The number of rotatable bonds is 4. The summed E-state index contributed by atoms with van der Waals surface area (Å²) in [6, 6.07) is 16.3. The van der Waals surface area contributed by atoms with Crippen molar-refractivity contribution in [3.05, 3.63) is 83.4 Å². The third kappa shape index (κ3) is 3.45. The van der Waals surface area contributed by atoms with Gasteiger partial charge in [0, 0.05) is 35.3 Å². The highest BCUT2D eigenvalue weighted by molar-refractivity contribution is 7.80. The number of aromatic nitrogens is 2. The Labute approximate surface area is 169 Å². The van der Waals surface area contributed by atoms with Crippen LogP contribution in [0.25, 0.3) is 0 Å². The molecule has 2 aromatic heterocycles. The highest BCUT2D eigenvalue weighted by Crippen LogP contribution is 2.41. The topological polar surface area (TPSA) is 33.1 Å². The quantitative estimate of drug-likeness (QED) is 0.607. The molecule has 0 radical (unpaired) electrons. The molecular formula is C21H21ClN4S. The van der Waals surface area contributed by atoms with Gasteiger partial charge in [-0.2, -0.15) is 0 Å². The van der Waals surface area contributed by atoms with Crippen molar-refractivity contribution in [1.82, 2.24) is 14.9 Å². The second-order valence-electron chi connectivity index (χ2n) is 6.96. The first kappa shape index (κ1) is 18.0. The van der Waals surface area contributed by atoms with Gasteiger partial charge in [0.1, 0.15) is 0 Å². The van der Waals surface area contributed by atoms with Gasteiger partial charge in [-0.05, 0) is 74.1 Å². The molecule has 0 amide bonds. The van der Waals surface area contributed by atoms with Crippen molar-refractivity contribution in [3.8, 4) is 0 Å². The zero-order valence-electron chi connectivity index (χ0n) is 15.2. The van der Waals surface area contributed by atoms with Crippen LogP contribution in [0.3, 0.4) is 0 Å². The molecule has 2 atom stereocenters. The SMILES string of the molecule is CC(C)n1ccc([C@@H]2[C@@H](c3ccccn3)NC(=S)N2c2ccc(Cl)cc2)c1. The predicted molar refractivity (Wildman–Crippen MR) is 114 cm³/mol. The Balaban J connectivity index is 1.81. The summed E-state index contributed by atoms with van der Waals surface area (Å²) >= 11 is 11.8. The lowest BCUT2D eigenvalue weighted by Gasteiger charge is -2.27. The van der Waals surface area contributed by atoms with E-state index in [0.29, 0.717) is 16.2 Å². The van der Waals surface area contributed by atoms with Crippen molar-refractivity contribution in [3.63, 3.8) is 0 Å². The minimum Gasteiger partial charge on any atom is -0.351 e. The number of hydrogen-bond donors (Lipinski definition) is 1. The van der Waals surface area contributed by atoms with Crippen molar-refractivity contribution in [2.75, 3.05) is 4.90 Å². The maximum atomic E-state index is 6.09. The zero-order valence-corrected chi connectivity index (χ0v) is 16.8. The van der Waals surface area contributed by atoms with E-state index in [-0.39, 0.29) is 12.1 Å². The number of halogens is 1. The summed E-state index contributed by atoms with van der Waals surface area (Å²) in [4.78, 5) is 6.74. The second kappa shape index (κ2) is 7.33. The van der Waals surface area contributed by atoms with Crippen LogP contribution in [-0.4, -0.2) is 14.7 Å². The molecule has 4 rings (SSSR count). The van der Waals surface area contributed by atoms with Gasteiger partial charge in [0.2, 0.25) is 0 Å². The Morgan fingerprint density at radius 1 is 1.11 bits per heavy atom. The molecule has 0 aliphatic carbocycles. The molecule has 1 saturated heterocycles. The molecule has 0 unspecified atom stereocenters. The molecule has 0 bridgehead atoms. The number of benzene rings is 1. The van der Waals surface area contributed by atoms with Crippen LogP contribution in [0.4, 0.5) is 5.69 Å².